The lowest BCUT2D eigenvalue weighted by atomic mass is 10.1. The molecule has 0 spiro atoms. The standard InChI is InChI=1S/C12H14N2O4/c1-7(8-2-3-8)13-9-4-5-11(14(17)18)10(6-9)12(15)16/h4-8,13H,2-3H2,1H3,(H,15,16). The van der Waals surface area contributed by atoms with E-state index in [9.17, 15) is 14.9 Å². The molecule has 0 saturated heterocycles. The van der Waals surface area contributed by atoms with E-state index in [1.807, 2.05) is 6.92 Å². The lowest BCUT2D eigenvalue weighted by Crippen LogP contribution is -2.17. The fourth-order valence-electron chi connectivity index (χ4n) is 1.93. The minimum atomic E-state index is -1.29. The van der Waals surface area contributed by atoms with Crippen LogP contribution >= 0.6 is 0 Å². The molecule has 1 saturated carbocycles. The molecule has 0 aliphatic heterocycles. The monoisotopic (exact) mass is 250 g/mol. The second-order valence-corrected chi connectivity index (χ2v) is 4.56. The van der Waals surface area contributed by atoms with Crippen molar-refractivity contribution in [1.82, 2.24) is 0 Å². The maximum Gasteiger partial charge on any atom is 0.342 e. The molecular formula is C12H14N2O4. The number of benzene rings is 1. The van der Waals surface area contributed by atoms with E-state index in [-0.39, 0.29) is 17.3 Å². The summed E-state index contributed by atoms with van der Waals surface area (Å²) in [5.74, 6) is -0.669. The topological polar surface area (TPSA) is 92.5 Å². The van der Waals surface area contributed by atoms with Crippen LogP contribution in [-0.4, -0.2) is 22.0 Å². The van der Waals surface area contributed by atoms with Gasteiger partial charge in [-0.15, -0.1) is 0 Å². The molecule has 1 atom stereocenters. The van der Waals surface area contributed by atoms with Gasteiger partial charge in [-0.25, -0.2) is 4.79 Å². The predicted molar refractivity (Wildman–Crippen MR) is 65.9 cm³/mol. The summed E-state index contributed by atoms with van der Waals surface area (Å²) in [6.45, 7) is 2.03. The summed E-state index contributed by atoms with van der Waals surface area (Å²) in [5, 5.41) is 22.8. The molecule has 1 aliphatic rings. The molecule has 96 valence electrons. The summed E-state index contributed by atoms with van der Waals surface area (Å²) in [6.07, 6.45) is 2.35. The first-order valence-corrected chi connectivity index (χ1v) is 5.77. The highest BCUT2D eigenvalue weighted by Gasteiger charge is 2.28. The van der Waals surface area contributed by atoms with Crippen LogP contribution in [0.4, 0.5) is 11.4 Å². The van der Waals surface area contributed by atoms with Crippen LogP contribution < -0.4 is 5.32 Å². The van der Waals surface area contributed by atoms with E-state index in [1.165, 1.54) is 25.0 Å². The van der Waals surface area contributed by atoms with Crippen molar-refractivity contribution in [2.45, 2.75) is 25.8 Å². The minimum absolute atomic E-state index is 0.258. The maximum absolute atomic E-state index is 11.0. The van der Waals surface area contributed by atoms with Crippen molar-refractivity contribution in [3.05, 3.63) is 33.9 Å². The lowest BCUT2D eigenvalue weighted by molar-refractivity contribution is -0.385. The third-order valence-corrected chi connectivity index (χ3v) is 3.15. The second kappa shape index (κ2) is 4.64. The zero-order valence-electron chi connectivity index (χ0n) is 9.92. The van der Waals surface area contributed by atoms with Gasteiger partial charge in [0.15, 0.2) is 0 Å². The summed E-state index contributed by atoms with van der Waals surface area (Å²) in [4.78, 5) is 21.0. The zero-order valence-corrected chi connectivity index (χ0v) is 9.92. The van der Waals surface area contributed by atoms with Crippen LogP contribution in [0, 0.1) is 16.0 Å². The molecule has 0 aromatic heterocycles. The summed E-state index contributed by atoms with van der Waals surface area (Å²) < 4.78 is 0. The van der Waals surface area contributed by atoms with Crippen LogP contribution in [0.25, 0.3) is 0 Å². The van der Waals surface area contributed by atoms with Crippen LogP contribution in [-0.2, 0) is 0 Å². The number of carbonyl (C=O) groups is 1. The Morgan fingerprint density at radius 2 is 2.22 bits per heavy atom. The third kappa shape index (κ3) is 2.58. The van der Waals surface area contributed by atoms with Crippen molar-refractivity contribution in [2.75, 3.05) is 5.32 Å². The van der Waals surface area contributed by atoms with Crippen molar-refractivity contribution in [2.24, 2.45) is 5.92 Å². The number of aromatic carboxylic acids is 1. The van der Waals surface area contributed by atoms with E-state index >= 15 is 0 Å². The summed E-state index contributed by atoms with van der Waals surface area (Å²) in [6, 6.07) is 4.35. The largest absolute Gasteiger partial charge is 0.477 e. The molecule has 2 rings (SSSR count). The molecule has 1 unspecified atom stereocenters. The summed E-state index contributed by atoms with van der Waals surface area (Å²) >= 11 is 0. The van der Waals surface area contributed by atoms with Crippen LogP contribution in [0.15, 0.2) is 18.2 Å². The van der Waals surface area contributed by atoms with Crippen molar-refractivity contribution >= 4 is 17.3 Å². The Morgan fingerprint density at radius 1 is 1.56 bits per heavy atom. The second-order valence-electron chi connectivity index (χ2n) is 4.56. The Bertz CT molecular complexity index is 497. The third-order valence-electron chi connectivity index (χ3n) is 3.15. The SMILES string of the molecule is CC(Nc1ccc([N+](=O)[O-])c(C(=O)O)c1)C1CC1. The van der Waals surface area contributed by atoms with Gasteiger partial charge in [-0.3, -0.25) is 10.1 Å². The van der Waals surface area contributed by atoms with E-state index in [4.69, 9.17) is 5.11 Å². The predicted octanol–water partition coefficient (Wildman–Crippen LogP) is 2.50. The van der Waals surface area contributed by atoms with Gasteiger partial charge in [0.1, 0.15) is 5.56 Å². The van der Waals surface area contributed by atoms with Gasteiger partial charge in [0.2, 0.25) is 0 Å². The van der Waals surface area contributed by atoms with Gasteiger partial charge in [-0.05, 0) is 37.8 Å². The van der Waals surface area contributed by atoms with Gasteiger partial charge in [-0.1, -0.05) is 0 Å². The fraction of sp³-hybridized carbons (Fsp3) is 0.417. The molecule has 0 heterocycles. The number of carboxylic acid groups (broad SMARTS) is 1. The number of nitro benzene ring substituents is 1. The first-order valence-electron chi connectivity index (χ1n) is 5.77. The Labute approximate surface area is 104 Å². The van der Waals surface area contributed by atoms with Gasteiger partial charge < -0.3 is 10.4 Å². The molecule has 1 aromatic rings. The molecule has 1 aromatic carbocycles. The molecule has 0 bridgehead atoms. The molecule has 0 amide bonds. The minimum Gasteiger partial charge on any atom is -0.477 e. The van der Waals surface area contributed by atoms with E-state index in [0.717, 1.165) is 0 Å². The highest BCUT2D eigenvalue weighted by molar-refractivity contribution is 5.93. The number of anilines is 1. The van der Waals surface area contributed by atoms with Crippen molar-refractivity contribution in [3.63, 3.8) is 0 Å². The van der Waals surface area contributed by atoms with E-state index in [2.05, 4.69) is 5.32 Å². The van der Waals surface area contributed by atoms with Crippen molar-refractivity contribution in [1.29, 1.82) is 0 Å². The lowest BCUT2D eigenvalue weighted by Gasteiger charge is -2.14. The van der Waals surface area contributed by atoms with Gasteiger partial charge in [0.25, 0.3) is 5.69 Å². The van der Waals surface area contributed by atoms with Gasteiger partial charge in [-0.2, -0.15) is 0 Å². The van der Waals surface area contributed by atoms with E-state index in [1.54, 1.807) is 6.07 Å². The number of nitrogens with one attached hydrogen (secondary N) is 1. The Morgan fingerprint density at radius 3 is 2.72 bits per heavy atom. The normalized spacial score (nSPS) is 16.1. The molecule has 6 nitrogen and oxygen atoms in total. The van der Waals surface area contributed by atoms with Gasteiger partial charge in [0, 0.05) is 17.8 Å². The number of nitro groups is 1. The van der Waals surface area contributed by atoms with Gasteiger partial charge in [0.05, 0.1) is 4.92 Å². The quantitative estimate of drug-likeness (QED) is 0.618. The molecule has 18 heavy (non-hydrogen) atoms. The fourth-order valence-corrected chi connectivity index (χ4v) is 1.93. The van der Waals surface area contributed by atoms with Crippen LogP contribution in [0.3, 0.4) is 0 Å². The number of nitrogens with zero attached hydrogens (tertiary/aromatic N) is 1. The average molecular weight is 250 g/mol. The van der Waals surface area contributed by atoms with E-state index < -0.39 is 10.9 Å². The van der Waals surface area contributed by atoms with E-state index in [0.29, 0.717) is 11.6 Å². The maximum atomic E-state index is 11.0. The first kappa shape index (κ1) is 12.3. The van der Waals surface area contributed by atoms with Gasteiger partial charge >= 0.3 is 5.97 Å². The molecule has 0 radical (unpaired) electrons. The number of carboxylic acids is 1. The summed E-state index contributed by atoms with van der Waals surface area (Å²) in [5.41, 5.74) is -0.0579. The Kier molecular flexibility index (Phi) is 3.18. The molecular weight excluding hydrogens is 236 g/mol. The molecule has 2 N–H and O–H groups in total. The number of rotatable bonds is 5. The van der Waals surface area contributed by atoms with Crippen LogP contribution in [0.5, 0.6) is 0 Å². The van der Waals surface area contributed by atoms with Crippen LogP contribution in [0.2, 0.25) is 0 Å². The highest BCUT2D eigenvalue weighted by Crippen LogP contribution is 2.34. The zero-order chi connectivity index (χ0) is 13.3. The molecule has 6 heteroatoms. The Hall–Kier alpha value is -2.11. The highest BCUT2D eigenvalue weighted by atomic mass is 16.6. The Balaban J connectivity index is 2.24. The molecule has 1 aliphatic carbocycles. The first-order chi connectivity index (χ1) is 8.49. The van der Waals surface area contributed by atoms with Crippen molar-refractivity contribution < 1.29 is 14.8 Å². The van der Waals surface area contributed by atoms with Crippen molar-refractivity contribution in [3.8, 4) is 0 Å². The smallest absolute Gasteiger partial charge is 0.342 e. The number of hydrogen-bond donors (Lipinski definition) is 2. The average Bonchev–Trinajstić information content (AvgIpc) is 3.12. The van der Waals surface area contributed by atoms with Crippen LogP contribution in [0.1, 0.15) is 30.1 Å². The summed E-state index contributed by atoms with van der Waals surface area (Å²) in [7, 11) is 0. The number of hydrogen-bond acceptors (Lipinski definition) is 4. The molecule has 1 fully saturated rings.